The van der Waals surface area contributed by atoms with Crippen molar-refractivity contribution in [1.29, 1.82) is 0 Å². The Hall–Kier alpha value is -1.46. The Morgan fingerprint density at radius 2 is 2.00 bits per heavy atom. The fraction of sp³-hybridized carbons (Fsp3) is 0.625. The van der Waals surface area contributed by atoms with Crippen LogP contribution >= 0.6 is 0 Å². The van der Waals surface area contributed by atoms with Gasteiger partial charge in [-0.2, -0.15) is 0 Å². The molecular weight excluding hydrogens is 268 g/mol. The minimum atomic E-state index is -0.427. The van der Waals surface area contributed by atoms with E-state index in [0.29, 0.717) is 5.75 Å². The molecule has 2 N–H and O–H groups in total. The van der Waals surface area contributed by atoms with Gasteiger partial charge in [0.05, 0.1) is 7.11 Å². The summed E-state index contributed by atoms with van der Waals surface area (Å²) in [4.78, 5) is 2.29. The molecular formula is C16H24N2O3. The van der Waals surface area contributed by atoms with Crippen LogP contribution in [0.5, 0.6) is 17.2 Å². The number of likely N-dealkylation sites (N-methyl/N-ethyl adjacent to an activating group) is 1. The predicted molar refractivity (Wildman–Crippen MR) is 81.0 cm³/mol. The summed E-state index contributed by atoms with van der Waals surface area (Å²) in [7, 11) is 3.81. The SMILES string of the molecule is CC[C@](C)(N)c1c2c(c(OC)c3c1OCO3)CN(C)CC2. The molecule has 21 heavy (non-hydrogen) atoms. The number of fused-ring (bicyclic) bond motifs is 2. The van der Waals surface area contributed by atoms with Gasteiger partial charge in [0.15, 0.2) is 11.5 Å². The highest BCUT2D eigenvalue weighted by molar-refractivity contribution is 5.67. The van der Waals surface area contributed by atoms with Gasteiger partial charge in [0.1, 0.15) is 0 Å². The van der Waals surface area contributed by atoms with E-state index in [1.165, 1.54) is 11.1 Å². The maximum absolute atomic E-state index is 6.57. The second kappa shape index (κ2) is 5.07. The molecule has 0 fully saturated rings. The third-order valence-corrected chi connectivity index (χ3v) is 4.67. The molecule has 0 aliphatic carbocycles. The highest BCUT2D eigenvalue weighted by atomic mass is 16.7. The Kier molecular flexibility index (Phi) is 3.50. The molecule has 1 aromatic carbocycles. The molecule has 0 aromatic heterocycles. The van der Waals surface area contributed by atoms with Gasteiger partial charge in [0.25, 0.3) is 0 Å². The van der Waals surface area contributed by atoms with Crippen LogP contribution in [0.15, 0.2) is 0 Å². The van der Waals surface area contributed by atoms with E-state index in [-0.39, 0.29) is 6.79 Å². The molecule has 5 nitrogen and oxygen atoms in total. The van der Waals surface area contributed by atoms with Crippen LogP contribution in [0.3, 0.4) is 0 Å². The average molecular weight is 292 g/mol. The molecule has 2 aliphatic heterocycles. The highest BCUT2D eigenvalue weighted by Gasteiger charge is 2.37. The van der Waals surface area contributed by atoms with Crippen molar-refractivity contribution in [2.45, 2.75) is 38.8 Å². The number of nitrogens with two attached hydrogens (primary N) is 1. The van der Waals surface area contributed by atoms with Crippen LogP contribution in [-0.4, -0.2) is 32.4 Å². The lowest BCUT2D eigenvalue weighted by Gasteiger charge is -2.34. The molecule has 1 aromatic rings. The van der Waals surface area contributed by atoms with Gasteiger partial charge in [-0.15, -0.1) is 0 Å². The molecule has 0 unspecified atom stereocenters. The van der Waals surface area contributed by atoms with Crippen molar-refractivity contribution in [3.8, 4) is 17.2 Å². The summed E-state index contributed by atoms with van der Waals surface area (Å²) < 4.78 is 17.1. The number of hydrogen-bond acceptors (Lipinski definition) is 5. The second-order valence-electron chi connectivity index (χ2n) is 6.19. The van der Waals surface area contributed by atoms with E-state index in [1.807, 2.05) is 0 Å². The highest BCUT2D eigenvalue weighted by Crippen LogP contribution is 2.52. The molecule has 0 saturated carbocycles. The minimum Gasteiger partial charge on any atom is -0.492 e. The van der Waals surface area contributed by atoms with Gasteiger partial charge >= 0.3 is 0 Å². The first-order chi connectivity index (χ1) is 9.99. The molecule has 2 heterocycles. The molecule has 3 rings (SSSR count). The van der Waals surface area contributed by atoms with Crippen molar-refractivity contribution >= 4 is 0 Å². The summed E-state index contributed by atoms with van der Waals surface area (Å²) in [5, 5.41) is 0. The normalized spacial score (nSPS) is 20.0. The summed E-state index contributed by atoms with van der Waals surface area (Å²) >= 11 is 0. The topological polar surface area (TPSA) is 57.0 Å². The minimum absolute atomic E-state index is 0.233. The van der Waals surface area contributed by atoms with E-state index < -0.39 is 5.54 Å². The first-order valence-corrected chi connectivity index (χ1v) is 7.48. The monoisotopic (exact) mass is 292 g/mol. The fourth-order valence-electron chi connectivity index (χ4n) is 3.29. The number of nitrogens with zero attached hydrogens (tertiary/aromatic N) is 1. The van der Waals surface area contributed by atoms with Crippen molar-refractivity contribution in [2.75, 3.05) is 27.5 Å². The van der Waals surface area contributed by atoms with Crippen molar-refractivity contribution in [3.05, 3.63) is 16.7 Å². The van der Waals surface area contributed by atoms with Crippen molar-refractivity contribution in [2.24, 2.45) is 5.73 Å². The van der Waals surface area contributed by atoms with Crippen LogP contribution in [0.2, 0.25) is 0 Å². The first-order valence-electron chi connectivity index (χ1n) is 7.48. The second-order valence-corrected chi connectivity index (χ2v) is 6.19. The Morgan fingerprint density at radius 3 is 2.67 bits per heavy atom. The van der Waals surface area contributed by atoms with Crippen molar-refractivity contribution in [3.63, 3.8) is 0 Å². The van der Waals surface area contributed by atoms with E-state index in [1.54, 1.807) is 7.11 Å². The van der Waals surface area contributed by atoms with Gasteiger partial charge in [-0.3, -0.25) is 0 Å². The lowest BCUT2D eigenvalue weighted by molar-refractivity contribution is 0.169. The van der Waals surface area contributed by atoms with Gasteiger partial charge in [-0.25, -0.2) is 0 Å². The van der Waals surface area contributed by atoms with Crippen LogP contribution in [0.4, 0.5) is 0 Å². The maximum Gasteiger partial charge on any atom is 0.231 e. The molecule has 0 bridgehead atoms. The Bertz CT molecular complexity index is 569. The predicted octanol–water partition coefficient (Wildman–Crippen LogP) is 2.00. The Labute approximate surface area is 126 Å². The quantitative estimate of drug-likeness (QED) is 0.923. The fourth-order valence-corrected chi connectivity index (χ4v) is 3.29. The lowest BCUT2D eigenvalue weighted by atomic mass is 9.81. The summed E-state index contributed by atoms with van der Waals surface area (Å²) in [6, 6.07) is 0. The van der Waals surface area contributed by atoms with E-state index in [9.17, 15) is 0 Å². The lowest BCUT2D eigenvalue weighted by Crippen LogP contribution is -2.36. The molecule has 0 radical (unpaired) electrons. The van der Waals surface area contributed by atoms with Crippen LogP contribution in [-0.2, 0) is 18.5 Å². The average Bonchev–Trinajstić information content (AvgIpc) is 2.92. The third kappa shape index (κ3) is 2.15. The molecule has 2 aliphatic rings. The number of hydrogen-bond donors (Lipinski definition) is 1. The van der Waals surface area contributed by atoms with Gasteiger partial charge in [0.2, 0.25) is 12.5 Å². The zero-order chi connectivity index (χ0) is 15.2. The third-order valence-electron chi connectivity index (χ3n) is 4.67. The van der Waals surface area contributed by atoms with E-state index in [4.69, 9.17) is 19.9 Å². The van der Waals surface area contributed by atoms with Gasteiger partial charge in [-0.1, -0.05) is 6.92 Å². The van der Waals surface area contributed by atoms with E-state index in [0.717, 1.165) is 43.0 Å². The first kappa shape index (κ1) is 14.5. The number of ether oxygens (including phenoxy) is 3. The van der Waals surface area contributed by atoms with Crippen molar-refractivity contribution < 1.29 is 14.2 Å². The molecule has 5 heteroatoms. The largest absolute Gasteiger partial charge is 0.492 e. The number of benzene rings is 1. The standard InChI is InChI=1S/C16H24N2O3/c1-5-16(2,17)12-10-6-7-18(3)8-11(10)13(19-4)15-14(12)20-9-21-15/h5-9,17H2,1-4H3/t16-/m0/s1. The summed E-state index contributed by atoms with van der Waals surface area (Å²) in [5.74, 6) is 2.30. The molecule has 116 valence electrons. The zero-order valence-corrected chi connectivity index (χ0v) is 13.3. The van der Waals surface area contributed by atoms with E-state index in [2.05, 4.69) is 25.8 Å². The zero-order valence-electron chi connectivity index (χ0n) is 13.3. The number of methoxy groups -OCH3 is 1. The molecule has 0 amide bonds. The van der Waals surface area contributed by atoms with E-state index >= 15 is 0 Å². The number of rotatable bonds is 3. The summed E-state index contributed by atoms with van der Waals surface area (Å²) in [6.07, 6.45) is 1.80. The Morgan fingerprint density at radius 1 is 1.29 bits per heavy atom. The smallest absolute Gasteiger partial charge is 0.231 e. The van der Waals surface area contributed by atoms with Gasteiger partial charge < -0.3 is 24.8 Å². The van der Waals surface area contributed by atoms with Crippen LogP contribution < -0.4 is 19.9 Å². The maximum atomic E-state index is 6.57. The van der Waals surface area contributed by atoms with Crippen LogP contribution in [0.1, 0.15) is 37.0 Å². The molecule has 1 atom stereocenters. The summed E-state index contributed by atoms with van der Waals surface area (Å²) in [5.41, 5.74) is 9.71. The van der Waals surface area contributed by atoms with Gasteiger partial charge in [0, 0.05) is 29.8 Å². The Balaban J connectivity index is 2.30. The van der Waals surface area contributed by atoms with Gasteiger partial charge in [-0.05, 0) is 32.4 Å². The van der Waals surface area contributed by atoms with Crippen molar-refractivity contribution in [1.82, 2.24) is 4.90 Å². The molecule has 0 spiro atoms. The van der Waals surface area contributed by atoms with Crippen LogP contribution in [0.25, 0.3) is 0 Å². The van der Waals surface area contributed by atoms with Crippen LogP contribution in [0, 0.1) is 0 Å². The summed E-state index contributed by atoms with van der Waals surface area (Å²) in [6.45, 7) is 6.27. The molecule has 0 saturated heterocycles.